The fourth-order valence-electron chi connectivity index (χ4n) is 1.25. The van der Waals surface area contributed by atoms with Crippen molar-refractivity contribution in [1.82, 2.24) is 10.5 Å². The van der Waals surface area contributed by atoms with E-state index in [1.807, 2.05) is 13.8 Å². The lowest BCUT2D eigenvalue weighted by Gasteiger charge is -2.19. The summed E-state index contributed by atoms with van der Waals surface area (Å²) in [6.07, 6.45) is 0. The van der Waals surface area contributed by atoms with Gasteiger partial charge in [0.1, 0.15) is 0 Å². The maximum Gasteiger partial charge on any atom is 0.290 e. The lowest BCUT2D eigenvalue weighted by molar-refractivity contribution is 0.0902. The van der Waals surface area contributed by atoms with Gasteiger partial charge in [0.05, 0.1) is 16.7 Å². The van der Waals surface area contributed by atoms with Gasteiger partial charge in [0, 0.05) is 6.07 Å². The maximum absolute atomic E-state index is 11.7. The van der Waals surface area contributed by atoms with Crippen LogP contribution in [0.4, 0.5) is 0 Å². The average Bonchev–Trinajstić information content (AvgIpc) is 2.59. The van der Waals surface area contributed by atoms with Crippen LogP contribution in [0.15, 0.2) is 10.6 Å². The second-order valence-corrected chi connectivity index (χ2v) is 4.40. The first kappa shape index (κ1) is 12.6. The highest BCUT2D eigenvalue weighted by molar-refractivity contribution is 7.80. The number of nitrogens with one attached hydrogen (secondary N) is 1. The Hall–Kier alpha value is -1.43. The first-order valence-corrected chi connectivity index (χ1v) is 5.36. The normalized spacial score (nSPS) is 12.5. The summed E-state index contributed by atoms with van der Waals surface area (Å²) in [6, 6.07) is 1.22. The summed E-state index contributed by atoms with van der Waals surface area (Å²) in [4.78, 5) is 12.0. The molecule has 1 aromatic heterocycles. The summed E-state index contributed by atoms with van der Waals surface area (Å²) in [5, 5.41) is 6.34. The van der Waals surface area contributed by atoms with Crippen molar-refractivity contribution in [3.05, 3.63) is 17.5 Å². The van der Waals surface area contributed by atoms with E-state index in [4.69, 9.17) is 22.5 Å². The molecule has 0 bridgehead atoms. The molecule has 3 N–H and O–H groups in total. The summed E-state index contributed by atoms with van der Waals surface area (Å²) in [7, 11) is 0. The highest BCUT2D eigenvalue weighted by Gasteiger charge is 2.21. The van der Waals surface area contributed by atoms with Crippen LogP contribution in [0, 0.1) is 12.8 Å². The number of nitrogens with two attached hydrogens (primary N) is 1. The zero-order chi connectivity index (χ0) is 12.3. The van der Waals surface area contributed by atoms with E-state index < -0.39 is 0 Å². The zero-order valence-corrected chi connectivity index (χ0v) is 10.3. The number of carbonyl (C=O) groups excluding carboxylic acids is 1. The van der Waals surface area contributed by atoms with Gasteiger partial charge in [-0.05, 0) is 12.8 Å². The highest BCUT2D eigenvalue weighted by atomic mass is 32.1. The van der Waals surface area contributed by atoms with Crippen molar-refractivity contribution >= 4 is 23.1 Å². The van der Waals surface area contributed by atoms with E-state index in [0.717, 1.165) is 0 Å². The molecule has 1 amide bonds. The number of aromatic nitrogens is 1. The standard InChI is InChI=1S/C10H15N3O2S/c1-5(2)8(9(11)16)12-10(14)7-4-6(3)13-15-7/h4-5,8H,1-3H3,(H2,11,16)(H,12,14). The SMILES string of the molecule is Cc1cc(C(=O)NC(C(N)=S)C(C)C)on1. The molecule has 88 valence electrons. The average molecular weight is 241 g/mol. The van der Waals surface area contributed by atoms with E-state index in [-0.39, 0.29) is 28.6 Å². The van der Waals surface area contributed by atoms with E-state index in [2.05, 4.69) is 10.5 Å². The summed E-state index contributed by atoms with van der Waals surface area (Å²) in [5.74, 6) is -0.0584. The number of nitrogens with zero attached hydrogens (tertiary/aromatic N) is 1. The molecule has 0 aliphatic carbocycles. The van der Waals surface area contributed by atoms with Crippen LogP contribution in [-0.4, -0.2) is 22.1 Å². The lowest BCUT2D eigenvalue weighted by atomic mass is 10.0. The molecule has 0 spiro atoms. The molecule has 1 aromatic rings. The number of hydrogen-bond donors (Lipinski definition) is 2. The Morgan fingerprint density at radius 1 is 1.62 bits per heavy atom. The van der Waals surface area contributed by atoms with Crippen LogP contribution in [0.3, 0.4) is 0 Å². The molecule has 0 radical (unpaired) electrons. The Morgan fingerprint density at radius 2 is 2.25 bits per heavy atom. The Balaban J connectivity index is 2.73. The number of amides is 1. The van der Waals surface area contributed by atoms with Gasteiger partial charge in [0.25, 0.3) is 5.91 Å². The predicted molar refractivity (Wildman–Crippen MR) is 64.1 cm³/mol. The molecule has 6 heteroatoms. The van der Waals surface area contributed by atoms with Gasteiger partial charge in [-0.15, -0.1) is 0 Å². The van der Waals surface area contributed by atoms with Gasteiger partial charge in [-0.25, -0.2) is 0 Å². The third kappa shape index (κ3) is 3.03. The van der Waals surface area contributed by atoms with Crippen LogP contribution in [0.1, 0.15) is 30.1 Å². The van der Waals surface area contributed by atoms with E-state index in [0.29, 0.717) is 5.69 Å². The summed E-state index contributed by atoms with van der Waals surface area (Å²) in [5.41, 5.74) is 6.19. The van der Waals surface area contributed by atoms with Crippen LogP contribution < -0.4 is 11.1 Å². The topological polar surface area (TPSA) is 81.2 Å². The van der Waals surface area contributed by atoms with Gasteiger partial charge in [0.2, 0.25) is 5.76 Å². The molecule has 0 saturated heterocycles. The predicted octanol–water partition coefficient (Wildman–Crippen LogP) is 1.02. The molecule has 0 aliphatic rings. The maximum atomic E-state index is 11.7. The van der Waals surface area contributed by atoms with Crippen molar-refractivity contribution in [2.75, 3.05) is 0 Å². The molecule has 0 fully saturated rings. The van der Waals surface area contributed by atoms with Crippen molar-refractivity contribution in [2.45, 2.75) is 26.8 Å². The lowest BCUT2D eigenvalue weighted by Crippen LogP contribution is -2.46. The second kappa shape index (κ2) is 5.07. The minimum Gasteiger partial charge on any atom is -0.392 e. The molecule has 1 heterocycles. The van der Waals surface area contributed by atoms with Crippen LogP contribution >= 0.6 is 12.2 Å². The highest BCUT2D eigenvalue weighted by Crippen LogP contribution is 2.06. The van der Waals surface area contributed by atoms with Crippen molar-refractivity contribution < 1.29 is 9.32 Å². The number of carbonyl (C=O) groups is 1. The quantitative estimate of drug-likeness (QED) is 0.769. The summed E-state index contributed by atoms with van der Waals surface area (Å²) < 4.78 is 4.84. The monoisotopic (exact) mass is 241 g/mol. The van der Waals surface area contributed by atoms with Gasteiger partial charge in [-0.1, -0.05) is 31.2 Å². The van der Waals surface area contributed by atoms with Gasteiger partial charge in [0.15, 0.2) is 0 Å². The molecule has 1 atom stereocenters. The number of thiocarbonyl (C=S) groups is 1. The second-order valence-electron chi connectivity index (χ2n) is 3.93. The van der Waals surface area contributed by atoms with E-state index in [9.17, 15) is 4.79 Å². The Morgan fingerprint density at radius 3 is 2.62 bits per heavy atom. The number of rotatable bonds is 4. The smallest absolute Gasteiger partial charge is 0.290 e. The summed E-state index contributed by atoms with van der Waals surface area (Å²) in [6.45, 7) is 5.60. The van der Waals surface area contributed by atoms with Crippen molar-refractivity contribution in [3.63, 3.8) is 0 Å². The van der Waals surface area contributed by atoms with Crippen molar-refractivity contribution in [3.8, 4) is 0 Å². The van der Waals surface area contributed by atoms with Crippen LogP contribution in [0.2, 0.25) is 0 Å². The Bertz CT molecular complexity index is 401. The molecule has 16 heavy (non-hydrogen) atoms. The fraction of sp³-hybridized carbons (Fsp3) is 0.500. The number of hydrogen-bond acceptors (Lipinski definition) is 4. The van der Waals surface area contributed by atoms with E-state index >= 15 is 0 Å². The third-order valence-corrected chi connectivity index (χ3v) is 2.37. The molecular weight excluding hydrogens is 226 g/mol. The van der Waals surface area contributed by atoms with Gasteiger partial charge >= 0.3 is 0 Å². The minimum atomic E-state index is -0.355. The van der Waals surface area contributed by atoms with Gasteiger partial charge in [-0.2, -0.15) is 0 Å². The Labute approximate surface area is 99.4 Å². The molecule has 5 nitrogen and oxygen atoms in total. The van der Waals surface area contributed by atoms with E-state index in [1.165, 1.54) is 0 Å². The first-order valence-electron chi connectivity index (χ1n) is 4.95. The fourth-order valence-corrected chi connectivity index (χ4v) is 1.58. The van der Waals surface area contributed by atoms with Crippen LogP contribution in [0.25, 0.3) is 0 Å². The summed E-state index contributed by atoms with van der Waals surface area (Å²) >= 11 is 4.88. The minimum absolute atomic E-state index is 0.130. The van der Waals surface area contributed by atoms with Crippen LogP contribution in [-0.2, 0) is 0 Å². The third-order valence-electron chi connectivity index (χ3n) is 2.11. The molecule has 0 aliphatic heterocycles. The largest absolute Gasteiger partial charge is 0.392 e. The molecule has 1 rings (SSSR count). The zero-order valence-electron chi connectivity index (χ0n) is 9.48. The first-order chi connectivity index (χ1) is 7.41. The molecular formula is C10H15N3O2S. The Kier molecular flexibility index (Phi) is 4.00. The van der Waals surface area contributed by atoms with Crippen molar-refractivity contribution in [2.24, 2.45) is 11.7 Å². The molecule has 1 unspecified atom stereocenters. The molecule has 0 aromatic carbocycles. The van der Waals surface area contributed by atoms with Gasteiger partial charge in [-0.3, -0.25) is 4.79 Å². The molecule has 0 saturated carbocycles. The van der Waals surface area contributed by atoms with Crippen LogP contribution in [0.5, 0.6) is 0 Å². The number of aryl methyl sites for hydroxylation is 1. The van der Waals surface area contributed by atoms with Gasteiger partial charge < -0.3 is 15.6 Å². The van der Waals surface area contributed by atoms with Crippen molar-refractivity contribution in [1.29, 1.82) is 0 Å². The van der Waals surface area contributed by atoms with E-state index in [1.54, 1.807) is 13.0 Å².